The molecule has 5 rings (SSSR count). The molecule has 1 aliphatic heterocycles. The highest BCUT2D eigenvalue weighted by Gasteiger charge is 2.28. The molecule has 3 aromatic rings. The van der Waals surface area contributed by atoms with E-state index in [1.165, 1.54) is 0 Å². The van der Waals surface area contributed by atoms with Crippen molar-refractivity contribution in [3.05, 3.63) is 94.0 Å². The Labute approximate surface area is 219 Å². The molecular weight excluding hydrogens is 494 g/mol. The zero-order valence-corrected chi connectivity index (χ0v) is 21.0. The first kappa shape index (κ1) is 25.6. The van der Waals surface area contributed by atoms with E-state index in [1.807, 2.05) is 42.5 Å². The predicted molar refractivity (Wildman–Crippen MR) is 144 cm³/mol. The molecule has 0 unspecified atom stereocenters. The van der Waals surface area contributed by atoms with Gasteiger partial charge in [0, 0.05) is 41.0 Å². The van der Waals surface area contributed by atoms with Crippen LogP contribution in [0.1, 0.15) is 47.8 Å². The van der Waals surface area contributed by atoms with Gasteiger partial charge >= 0.3 is 0 Å². The first-order chi connectivity index (χ1) is 17.3. The molecule has 182 valence electrons. The summed E-state index contributed by atoms with van der Waals surface area (Å²) in [5.74, 6) is -0.0228. The molecule has 1 heterocycles. The average Bonchev–Trinajstić information content (AvgIpc) is 3.19. The molecule has 8 heteroatoms. The summed E-state index contributed by atoms with van der Waals surface area (Å²) < 4.78 is 0. The fourth-order valence-electron chi connectivity index (χ4n) is 4.45. The van der Waals surface area contributed by atoms with Crippen LogP contribution in [-0.2, 0) is 22.4 Å². The van der Waals surface area contributed by atoms with Gasteiger partial charge < -0.3 is 5.32 Å². The molecule has 1 aliphatic carbocycles. The minimum atomic E-state index is -0.264. The number of ketones is 4. The molecule has 0 spiro atoms. The van der Waals surface area contributed by atoms with E-state index in [1.54, 1.807) is 18.2 Å². The standard InChI is InChI=1S/C16H12O2S.C12H11NO3S/c17-11(9-19)8-10-4-3-7-14-15(10)12-5-1-2-6-13(12)16(14)18;14-8(6-17)4-7-2-1-3-9-11(7)10(15)5-13-12(9)16/h1-7,19H,8-9H2;1-3,17H,4-6H2,(H,13,16). The van der Waals surface area contributed by atoms with Gasteiger partial charge in [-0.2, -0.15) is 25.3 Å². The number of carbonyl (C=O) groups is 5. The Morgan fingerprint density at radius 2 is 1.19 bits per heavy atom. The van der Waals surface area contributed by atoms with Gasteiger partial charge in [0.15, 0.2) is 11.6 Å². The predicted octanol–water partition coefficient (Wildman–Crippen LogP) is 3.59. The summed E-state index contributed by atoms with van der Waals surface area (Å²) >= 11 is 7.91. The van der Waals surface area contributed by atoms with Gasteiger partial charge in [0.2, 0.25) is 0 Å². The Kier molecular flexibility index (Phi) is 7.86. The van der Waals surface area contributed by atoms with Crippen LogP contribution in [-0.4, -0.2) is 47.1 Å². The SMILES string of the molecule is O=C(CS)Cc1cccc2c1-c1ccccc1C2=O.O=C(CS)Cc1cccc2c1C(=O)CNC2=O. The molecule has 1 N–H and O–H groups in total. The van der Waals surface area contributed by atoms with Gasteiger partial charge in [-0.05, 0) is 28.3 Å². The van der Waals surface area contributed by atoms with E-state index in [2.05, 4.69) is 30.6 Å². The lowest BCUT2D eigenvalue weighted by molar-refractivity contribution is -0.116. The van der Waals surface area contributed by atoms with Crippen molar-refractivity contribution in [2.75, 3.05) is 18.1 Å². The molecule has 0 bridgehead atoms. The second-order valence-corrected chi connectivity index (χ2v) is 9.04. The maximum absolute atomic E-state index is 12.3. The summed E-state index contributed by atoms with van der Waals surface area (Å²) in [4.78, 5) is 58.6. The van der Waals surface area contributed by atoms with Crippen molar-refractivity contribution in [2.24, 2.45) is 0 Å². The van der Waals surface area contributed by atoms with E-state index >= 15 is 0 Å². The van der Waals surface area contributed by atoms with Crippen molar-refractivity contribution in [1.82, 2.24) is 5.32 Å². The molecule has 3 aromatic carbocycles. The van der Waals surface area contributed by atoms with E-state index in [0.29, 0.717) is 28.7 Å². The number of hydrogen-bond acceptors (Lipinski definition) is 7. The monoisotopic (exact) mass is 517 g/mol. The maximum Gasteiger partial charge on any atom is 0.252 e. The first-order valence-corrected chi connectivity index (χ1v) is 12.6. The molecule has 36 heavy (non-hydrogen) atoms. The zero-order valence-electron chi connectivity index (χ0n) is 19.2. The third-order valence-electron chi connectivity index (χ3n) is 6.05. The Balaban J connectivity index is 0.000000170. The maximum atomic E-state index is 12.3. The highest BCUT2D eigenvalue weighted by Crippen LogP contribution is 2.38. The summed E-state index contributed by atoms with van der Waals surface area (Å²) in [6.45, 7) is -0.00207. The minimum absolute atomic E-state index is 0.00207. The summed E-state index contributed by atoms with van der Waals surface area (Å²) in [5.41, 5.74) is 5.53. The van der Waals surface area contributed by atoms with Crippen LogP contribution in [0, 0.1) is 0 Å². The van der Waals surface area contributed by atoms with Crippen LogP contribution >= 0.6 is 25.3 Å². The summed E-state index contributed by atoms with van der Waals surface area (Å²) in [6, 6.07) is 18.1. The smallest absolute Gasteiger partial charge is 0.252 e. The number of amides is 1. The van der Waals surface area contributed by atoms with Crippen molar-refractivity contribution < 1.29 is 24.0 Å². The van der Waals surface area contributed by atoms with Crippen molar-refractivity contribution >= 4 is 54.3 Å². The highest BCUT2D eigenvalue weighted by atomic mass is 32.1. The van der Waals surface area contributed by atoms with Crippen LogP contribution < -0.4 is 5.32 Å². The van der Waals surface area contributed by atoms with Gasteiger partial charge in [-0.3, -0.25) is 24.0 Å². The highest BCUT2D eigenvalue weighted by molar-refractivity contribution is 7.81. The van der Waals surface area contributed by atoms with Gasteiger partial charge in [-0.1, -0.05) is 54.6 Å². The van der Waals surface area contributed by atoms with Gasteiger partial charge in [0.05, 0.1) is 12.1 Å². The van der Waals surface area contributed by atoms with Crippen molar-refractivity contribution in [1.29, 1.82) is 0 Å². The molecule has 0 saturated carbocycles. The molecule has 2 aliphatic rings. The van der Waals surface area contributed by atoms with E-state index in [0.717, 1.165) is 22.3 Å². The molecule has 0 atom stereocenters. The quantitative estimate of drug-likeness (QED) is 0.340. The Hall–Kier alpha value is -3.49. The van der Waals surface area contributed by atoms with Crippen LogP contribution in [0.4, 0.5) is 0 Å². The first-order valence-electron chi connectivity index (χ1n) is 11.3. The summed E-state index contributed by atoms with van der Waals surface area (Å²) in [7, 11) is 0. The lowest BCUT2D eigenvalue weighted by Gasteiger charge is -2.18. The normalized spacial score (nSPS) is 13.1. The molecule has 1 amide bonds. The van der Waals surface area contributed by atoms with Crippen LogP contribution in [0.15, 0.2) is 60.7 Å². The number of hydrogen-bond donors (Lipinski definition) is 3. The number of fused-ring (bicyclic) bond motifs is 4. The molecule has 0 radical (unpaired) electrons. The van der Waals surface area contributed by atoms with E-state index in [-0.39, 0.29) is 53.5 Å². The van der Waals surface area contributed by atoms with Crippen LogP contribution in [0.3, 0.4) is 0 Å². The fourth-order valence-corrected chi connectivity index (χ4v) is 4.67. The molecule has 0 fully saturated rings. The number of Topliss-reactive ketones (excluding diaryl/α,β-unsaturated/α-hetero) is 3. The lowest BCUT2D eigenvalue weighted by atomic mass is 9.92. The topological polar surface area (TPSA) is 97.4 Å². The van der Waals surface area contributed by atoms with Crippen LogP contribution in [0.5, 0.6) is 0 Å². The third kappa shape index (κ3) is 5.05. The van der Waals surface area contributed by atoms with Gasteiger partial charge in [0.1, 0.15) is 11.6 Å². The van der Waals surface area contributed by atoms with Crippen molar-refractivity contribution in [2.45, 2.75) is 12.8 Å². The average molecular weight is 518 g/mol. The van der Waals surface area contributed by atoms with E-state index in [9.17, 15) is 24.0 Å². The van der Waals surface area contributed by atoms with Crippen molar-refractivity contribution in [3.63, 3.8) is 0 Å². The van der Waals surface area contributed by atoms with Gasteiger partial charge in [-0.15, -0.1) is 0 Å². The number of thiol groups is 2. The molecule has 0 aromatic heterocycles. The Bertz CT molecular complexity index is 1410. The number of benzene rings is 3. The van der Waals surface area contributed by atoms with Gasteiger partial charge in [-0.25, -0.2) is 0 Å². The third-order valence-corrected chi connectivity index (χ3v) is 6.75. The Morgan fingerprint density at radius 1 is 0.667 bits per heavy atom. The number of rotatable bonds is 6. The van der Waals surface area contributed by atoms with Crippen LogP contribution in [0.25, 0.3) is 11.1 Å². The fraction of sp³-hybridized carbons (Fsp3) is 0.179. The molecule has 6 nitrogen and oxygen atoms in total. The summed E-state index contributed by atoms with van der Waals surface area (Å²) in [6.07, 6.45) is 0.472. The summed E-state index contributed by atoms with van der Waals surface area (Å²) in [5, 5.41) is 2.49. The number of carbonyl (C=O) groups excluding carboxylic acids is 5. The molecule has 0 saturated heterocycles. The van der Waals surface area contributed by atoms with E-state index in [4.69, 9.17) is 0 Å². The minimum Gasteiger partial charge on any atom is -0.345 e. The van der Waals surface area contributed by atoms with Gasteiger partial charge in [0.25, 0.3) is 5.91 Å². The lowest BCUT2D eigenvalue weighted by Crippen LogP contribution is -2.37. The second kappa shape index (κ2) is 11.1. The number of nitrogens with one attached hydrogen (secondary N) is 1. The Morgan fingerprint density at radius 3 is 1.81 bits per heavy atom. The second-order valence-electron chi connectivity index (χ2n) is 8.41. The van der Waals surface area contributed by atoms with Crippen molar-refractivity contribution in [3.8, 4) is 11.1 Å². The zero-order chi connectivity index (χ0) is 25.8. The largest absolute Gasteiger partial charge is 0.345 e. The van der Waals surface area contributed by atoms with E-state index < -0.39 is 0 Å². The van der Waals surface area contributed by atoms with Crippen LogP contribution in [0.2, 0.25) is 0 Å². The molecular formula is C28H23NO5S2.